The largest absolute Gasteiger partial charge is 0.493 e. The Hall–Kier alpha value is -1.06. The summed E-state index contributed by atoms with van der Waals surface area (Å²) >= 11 is 0. The molecule has 1 aromatic rings. The molecule has 1 atom stereocenters. The normalized spacial score (nSPS) is 17.8. The summed E-state index contributed by atoms with van der Waals surface area (Å²) in [5.41, 5.74) is 2.92. The molecule has 0 saturated carbocycles. The lowest BCUT2D eigenvalue weighted by Crippen LogP contribution is -2.25. The summed E-state index contributed by atoms with van der Waals surface area (Å²) < 4.78 is 10.9. The fourth-order valence-electron chi connectivity index (χ4n) is 2.79. The van der Waals surface area contributed by atoms with Gasteiger partial charge in [-0.05, 0) is 55.5 Å². The molecular weight excluding hydrogens is 250 g/mol. The van der Waals surface area contributed by atoms with Crippen molar-refractivity contribution < 1.29 is 9.47 Å². The molecule has 1 aliphatic rings. The Labute approximate surface area is 122 Å². The number of aryl methyl sites for hydroxylation is 1. The minimum absolute atomic E-state index is 0.501. The third kappa shape index (κ3) is 4.22. The first-order valence-corrected chi connectivity index (χ1v) is 7.83. The second kappa shape index (κ2) is 8.28. The van der Waals surface area contributed by atoms with Crippen molar-refractivity contribution in [2.45, 2.75) is 45.1 Å². The summed E-state index contributed by atoms with van der Waals surface area (Å²) in [6.07, 6.45) is 5.83. The quantitative estimate of drug-likeness (QED) is 0.738. The lowest BCUT2D eigenvalue weighted by atomic mass is 9.87. The number of ether oxygens (including phenoxy) is 2. The van der Waals surface area contributed by atoms with E-state index in [1.54, 1.807) is 7.11 Å². The zero-order valence-electron chi connectivity index (χ0n) is 12.8. The molecule has 0 fully saturated rings. The highest BCUT2D eigenvalue weighted by Crippen LogP contribution is 2.32. The van der Waals surface area contributed by atoms with E-state index in [1.165, 1.54) is 36.8 Å². The molecule has 1 N–H and O–H groups in total. The SMILES string of the molecule is CCCNC1CCCc2ccc(OCCCOC)cc21. The molecule has 0 spiro atoms. The van der Waals surface area contributed by atoms with Crippen LogP contribution < -0.4 is 10.1 Å². The molecule has 3 nitrogen and oxygen atoms in total. The first-order chi connectivity index (χ1) is 9.85. The maximum absolute atomic E-state index is 5.82. The Morgan fingerprint density at radius 2 is 2.20 bits per heavy atom. The third-order valence-corrected chi connectivity index (χ3v) is 3.83. The number of hydrogen-bond donors (Lipinski definition) is 1. The van der Waals surface area contributed by atoms with E-state index in [2.05, 4.69) is 30.4 Å². The molecule has 0 heterocycles. The molecule has 2 rings (SSSR count). The van der Waals surface area contributed by atoms with Crippen LogP contribution in [0.2, 0.25) is 0 Å². The number of hydrogen-bond acceptors (Lipinski definition) is 3. The maximum Gasteiger partial charge on any atom is 0.119 e. The van der Waals surface area contributed by atoms with Crippen molar-refractivity contribution in [2.24, 2.45) is 0 Å². The van der Waals surface area contributed by atoms with Gasteiger partial charge in [0.1, 0.15) is 5.75 Å². The lowest BCUT2D eigenvalue weighted by molar-refractivity contribution is 0.172. The van der Waals surface area contributed by atoms with Gasteiger partial charge in [-0.1, -0.05) is 13.0 Å². The van der Waals surface area contributed by atoms with Crippen molar-refractivity contribution in [3.63, 3.8) is 0 Å². The Kier molecular flexibility index (Phi) is 6.34. The first-order valence-electron chi connectivity index (χ1n) is 7.83. The van der Waals surface area contributed by atoms with Gasteiger partial charge in [0.2, 0.25) is 0 Å². The van der Waals surface area contributed by atoms with Gasteiger partial charge in [0.15, 0.2) is 0 Å². The van der Waals surface area contributed by atoms with Crippen molar-refractivity contribution in [3.8, 4) is 5.75 Å². The molecule has 0 bridgehead atoms. The molecule has 0 amide bonds. The lowest BCUT2D eigenvalue weighted by Gasteiger charge is -2.27. The van der Waals surface area contributed by atoms with Gasteiger partial charge < -0.3 is 14.8 Å². The predicted molar refractivity (Wildman–Crippen MR) is 82.4 cm³/mol. The van der Waals surface area contributed by atoms with E-state index in [1.807, 2.05) is 0 Å². The van der Waals surface area contributed by atoms with E-state index >= 15 is 0 Å². The average Bonchev–Trinajstić information content (AvgIpc) is 2.49. The molecular formula is C17H27NO2. The van der Waals surface area contributed by atoms with Crippen LogP contribution in [0.4, 0.5) is 0 Å². The summed E-state index contributed by atoms with van der Waals surface area (Å²) in [7, 11) is 1.73. The molecule has 0 aliphatic heterocycles. The van der Waals surface area contributed by atoms with Crippen molar-refractivity contribution in [2.75, 3.05) is 26.9 Å². The Bertz CT molecular complexity index is 406. The van der Waals surface area contributed by atoms with Gasteiger partial charge in [0.25, 0.3) is 0 Å². The minimum atomic E-state index is 0.501. The molecule has 0 aromatic heterocycles. The summed E-state index contributed by atoms with van der Waals surface area (Å²) in [5.74, 6) is 0.991. The zero-order valence-corrected chi connectivity index (χ0v) is 12.8. The number of fused-ring (bicyclic) bond motifs is 1. The molecule has 0 saturated heterocycles. The van der Waals surface area contributed by atoms with Gasteiger partial charge in [0.05, 0.1) is 6.61 Å². The van der Waals surface area contributed by atoms with Crippen LogP contribution in [0, 0.1) is 0 Å². The molecule has 0 radical (unpaired) electrons. The van der Waals surface area contributed by atoms with Crippen LogP contribution in [-0.4, -0.2) is 26.9 Å². The van der Waals surface area contributed by atoms with E-state index in [4.69, 9.17) is 9.47 Å². The monoisotopic (exact) mass is 277 g/mol. The average molecular weight is 277 g/mol. The van der Waals surface area contributed by atoms with Gasteiger partial charge in [-0.2, -0.15) is 0 Å². The van der Waals surface area contributed by atoms with Crippen molar-refractivity contribution in [3.05, 3.63) is 29.3 Å². The minimum Gasteiger partial charge on any atom is -0.493 e. The standard InChI is InChI=1S/C17H27NO2/c1-3-10-18-17-7-4-6-14-8-9-15(13-16(14)17)20-12-5-11-19-2/h8-9,13,17-18H,3-7,10-12H2,1-2H3. The van der Waals surface area contributed by atoms with Crippen LogP contribution in [0.25, 0.3) is 0 Å². The van der Waals surface area contributed by atoms with Crippen LogP contribution in [-0.2, 0) is 11.2 Å². The van der Waals surface area contributed by atoms with Crippen LogP contribution >= 0.6 is 0 Å². The molecule has 1 aromatic carbocycles. The van der Waals surface area contributed by atoms with E-state index in [0.29, 0.717) is 6.04 Å². The molecule has 112 valence electrons. The Morgan fingerprint density at radius 3 is 3.00 bits per heavy atom. The Morgan fingerprint density at radius 1 is 1.30 bits per heavy atom. The second-order valence-corrected chi connectivity index (χ2v) is 5.45. The van der Waals surface area contributed by atoms with Gasteiger partial charge in [0, 0.05) is 26.2 Å². The summed E-state index contributed by atoms with van der Waals surface area (Å²) in [4.78, 5) is 0. The molecule has 1 aliphatic carbocycles. The van der Waals surface area contributed by atoms with Crippen molar-refractivity contribution in [1.29, 1.82) is 0 Å². The summed E-state index contributed by atoms with van der Waals surface area (Å²) in [6.45, 7) is 4.78. The number of rotatable bonds is 8. The van der Waals surface area contributed by atoms with E-state index < -0.39 is 0 Å². The highest BCUT2D eigenvalue weighted by atomic mass is 16.5. The highest BCUT2D eigenvalue weighted by molar-refractivity contribution is 5.39. The van der Waals surface area contributed by atoms with Crippen LogP contribution in [0.1, 0.15) is 49.8 Å². The van der Waals surface area contributed by atoms with E-state index in [-0.39, 0.29) is 0 Å². The van der Waals surface area contributed by atoms with Gasteiger partial charge in [-0.25, -0.2) is 0 Å². The van der Waals surface area contributed by atoms with Gasteiger partial charge in [-0.15, -0.1) is 0 Å². The molecule has 3 heteroatoms. The number of nitrogens with one attached hydrogen (secondary N) is 1. The first kappa shape index (κ1) is 15.3. The van der Waals surface area contributed by atoms with Gasteiger partial charge >= 0.3 is 0 Å². The smallest absolute Gasteiger partial charge is 0.119 e. The topological polar surface area (TPSA) is 30.5 Å². The van der Waals surface area contributed by atoms with Crippen LogP contribution in [0.5, 0.6) is 5.75 Å². The summed E-state index contributed by atoms with van der Waals surface area (Å²) in [6, 6.07) is 7.07. The van der Waals surface area contributed by atoms with Crippen LogP contribution in [0.15, 0.2) is 18.2 Å². The third-order valence-electron chi connectivity index (χ3n) is 3.83. The number of benzene rings is 1. The second-order valence-electron chi connectivity index (χ2n) is 5.45. The summed E-state index contributed by atoms with van der Waals surface area (Å²) in [5, 5.41) is 3.66. The van der Waals surface area contributed by atoms with Gasteiger partial charge in [-0.3, -0.25) is 0 Å². The van der Waals surface area contributed by atoms with Crippen LogP contribution in [0.3, 0.4) is 0 Å². The van der Waals surface area contributed by atoms with E-state index in [9.17, 15) is 0 Å². The fourth-order valence-corrected chi connectivity index (χ4v) is 2.79. The van der Waals surface area contributed by atoms with E-state index in [0.717, 1.165) is 31.9 Å². The molecule has 1 unspecified atom stereocenters. The van der Waals surface area contributed by atoms with Crippen molar-refractivity contribution >= 4 is 0 Å². The van der Waals surface area contributed by atoms with Crippen molar-refractivity contribution in [1.82, 2.24) is 5.32 Å². The predicted octanol–water partition coefficient (Wildman–Crippen LogP) is 3.48. The maximum atomic E-state index is 5.82. The molecule has 20 heavy (non-hydrogen) atoms. The highest BCUT2D eigenvalue weighted by Gasteiger charge is 2.19. The Balaban J connectivity index is 1.99. The number of methoxy groups -OCH3 is 1. The zero-order chi connectivity index (χ0) is 14.2. The fraction of sp³-hybridized carbons (Fsp3) is 0.647.